The van der Waals surface area contributed by atoms with Crippen LogP contribution in [-0.4, -0.2) is 12.5 Å². The second-order valence-electron chi connectivity index (χ2n) is 4.77. The first-order valence-electron chi connectivity index (χ1n) is 5.46. The topological polar surface area (TPSA) is 38.3 Å². The minimum absolute atomic E-state index is 0.0967. The summed E-state index contributed by atoms with van der Waals surface area (Å²) in [6, 6.07) is 10.0. The molecular weight excluding hydrogens is 202 g/mol. The quantitative estimate of drug-likeness (QED) is 0.626. The number of hydrogen-bond acceptors (Lipinski definition) is 2. The second kappa shape index (κ2) is 5.66. The summed E-state index contributed by atoms with van der Waals surface area (Å²) in [4.78, 5) is 16.6. The molecule has 0 aliphatic heterocycles. The normalized spacial score (nSPS) is 11.2. The minimum Gasteiger partial charge on any atom is -0.273 e. The molecule has 1 amide bonds. The lowest BCUT2D eigenvalue weighted by Gasteiger charge is -2.17. The Morgan fingerprint density at radius 2 is 1.88 bits per heavy atom. The highest BCUT2D eigenvalue weighted by Crippen LogP contribution is 2.12. The van der Waals surface area contributed by atoms with Crippen LogP contribution in [-0.2, 0) is 16.1 Å². The van der Waals surface area contributed by atoms with Crippen molar-refractivity contribution in [2.24, 2.45) is 5.41 Å². The van der Waals surface area contributed by atoms with Crippen LogP contribution in [0.5, 0.6) is 0 Å². The number of nitrogens with one attached hydrogen (secondary N) is 1. The summed E-state index contributed by atoms with van der Waals surface area (Å²) in [7, 11) is 0. The van der Waals surface area contributed by atoms with Gasteiger partial charge in [0.15, 0.2) is 0 Å². The van der Waals surface area contributed by atoms with Gasteiger partial charge in [0.25, 0.3) is 0 Å². The maximum Gasteiger partial charge on any atom is 0.248 e. The van der Waals surface area contributed by atoms with Crippen molar-refractivity contribution in [1.29, 1.82) is 0 Å². The summed E-state index contributed by atoms with van der Waals surface area (Å²) >= 11 is 0. The van der Waals surface area contributed by atoms with Crippen LogP contribution >= 0.6 is 0 Å². The third-order valence-electron chi connectivity index (χ3n) is 2.18. The number of hydrogen-bond donors (Lipinski definition) is 1. The Kier molecular flexibility index (Phi) is 4.50. The maximum atomic E-state index is 11.4. The van der Waals surface area contributed by atoms with Crippen molar-refractivity contribution >= 4 is 5.91 Å². The molecule has 0 atom stereocenters. The highest BCUT2D eigenvalue weighted by atomic mass is 16.6. The standard InChI is InChI=1S/C13H19NO2/c1-13(2,3)12(15)14-16-10-9-11-7-5-4-6-8-11/h4-8H,9-10H2,1-3H3,(H,14,15). The van der Waals surface area contributed by atoms with Gasteiger partial charge in [0.1, 0.15) is 0 Å². The molecule has 0 fully saturated rings. The molecule has 1 aromatic rings. The summed E-state index contributed by atoms with van der Waals surface area (Å²) < 4.78 is 0. The lowest BCUT2D eigenvalue weighted by molar-refractivity contribution is -0.141. The molecule has 1 aromatic carbocycles. The predicted molar refractivity (Wildman–Crippen MR) is 63.7 cm³/mol. The van der Waals surface area contributed by atoms with Crippen LogP contribution < -0.4 is 5.48 Å². The number of benzene rings is 1. The minimum atomic E-state index is -0.410. The van der Waals surface area contributed by atoms with Crippen LogP contribution in [0.1, 0.15) is 26.3 Å². The predicted octanol–water partition coefficient (Wildman–Crippen LogP) is 2.32. The van der Waals surface area contributed by atoms with Gasteiger partial charge in [-0.1, -0.05) is 51.1 Å². The molecule has 1 rings (SSSR count). The van der Waals surface area contributed by atoms with E-state index >= 15 is 0 Å². The van der Waals surface area contributed by atoms with E-state index in [4.69, 9.17) is 4.84 Å². The fourth-order valence-corrected chi connectivity index (χ4v) is 1.08. The first-order chi connectivity index (χ1) is 7.50. The molecular formula is C13H19NO2. The van der Waals surface area contributed by atoms with Crippen molar-refractivity contribution in [1.82, 2.24) is 5.48 Å². The van der Waals surface area contributed by atoms with E-state index in [9.17, 15) is 4.79 Å². The Morgan fingerprint density at radius 3 is 2.44 bits per heavy atom. The highest BCUT2D eigenvalue weighted by molar-refractivity contribution is 5.80. The van der Waals surface area contributed by atoms with Crippen molar-refractivity contribution in [2.45, 2.75) is 27.2 Å². The Hall–Kier alpha value is -1.35. The summed E-state index contributed by atoms with van der Waals surface area (Å²) in [5.74, 6) is -0.0967. The summed E-state index contributed by atoms with van der Waals surface area (Å²) in [6.07, 6.45) is 0.797. The van der Waals surface area contributed by atoms with E-state index in [1.807, 2.05) is 51.1 Å². The third kappa shape index (κ3) is 4.45. The van der Waals surface area contributed by atoms with Gasteiger partial charge in [-0.25, -0.2) is 5.48 Å². The average Bonchev–Trinajstić information content (AvgIpc) is 2.24. The molecule has 3 heteroatoms. The molecule has 0 spiro atoms. The summed E-state index contributed by atoms with van der Waals surface area (Å²) in [5.41, 5.74) is 3.25. The first-order valence-corrected chi connectivity index (χ1v) is 5.46. The average molecular weight is 221 g/mol. The van der Waals surface area contributed by atoms with Crippen molar-refractivity contribution in [3.63, 3.8) is 0 Å². The molecule has 0 unspecified atom stereocenters. The summed E-state index contributed by atoms with van der Waals surface area (Å²) in [5, 5.41) is 0. The van der Waals surface area contributed by atoms with Crippen molar-refractivity contribution in [3.05, 3.63) is 35.9 Å². The highest BCUT2D eigenvalue weighted by Gasteiger charge is 2.20. The molecule has 0 aromatic heterocycles. The Balaban J connectivity index is 2.20. The van der Waals surface area contributed by atoms with Crippen LogP contribution in [0.3, 0.4) is 0 Å². The number of amides is 1. The number of carbonyl (C=O) groups is 1. The van der Waals surface area contributed by atoms with Crippen LogP contribution in [0.4, 0.5) is 0 Å². The van der Waals surface area contributed by atoms with E-state index in [1.165, 1.54) is 5.56 Å². The number of carbonyl (C=O) groups excluding carboxylic acids is 1. The monoisotopic (exact) mass is 221 g/mol. The van der Waals surface area contributed by atoms with Gasteiger partial charge in [-0.15, -0.1) is 0 Å². The first kappa shape index (κ1) is 12.7. The lowest BCUT2D eigenvalue weighted by Crippen LogP contribution is -2.35. The second-order valence-corrected chi connectivity index (χ2v) is 4.77. The molecule has 0 radical (unpaired) electrons. The van der Waals surface area contributed by atoms with E-state index in [0.29, 0.717) is 6.61 Å². The zero-order chi connectivity index (χ0) is 12.0. The van der Waals surface area contributed by atoms with Crippen LogP contribution in [0.2, 0.25) is 0 Å². The fraction of sp³-hybridized carbons (Fsp3) is 0.462. The molecule has 0 aliphatic rings. The van der Waals surface area contributed by atoms with Gasteiger partial charge in [-0.05, 0) is 12.0 Å². The number of hydroxylamine groups is 1. The van der Waals surface area contributed by atoms with Gasteiger partial charge >= 0.3 is 0 Å². The molecule has 0 aliphatic carbocycles. The molecule has 0 heterocycles. The van der Waals surface area contributed by atoms with E-state index in [1.54, 1.807) is 0 Å². The molecule has 88 valence electrons. The largest absolute Gasteiger partial charge is 0.273 e. The summed E-state index contributed by atoms with van der Waals surface area (Å²) in [6.45, 7) is 6.04. The van der Waals surface area contributed by atoms with Gasteiger partial charge in [-0.2, -0.15) is 0 Å². The molecule has 1 N–H and O–H groups in total. The number of rotatable bonds is 4. The van der Waals surface area contributed by atoms with Gasteiger partial charge in [0, 0.05) is 5.41 Å². The van der Waals surface area contributed by atoms with Gasteiger partial charge < -0.3 is 0 Å². The third-order valence-corrected chi connectivity index (χ3v) is 2.18. The van der Waals surface area contributed by atoms with Crippen LogP contribution in [0.25, 0.3) is 0 Å². The molecule has 0 saturated heterocycles. The smallest absolute Gasteiger partial charge is 0.248 e. The Bertz CT molecular complexity index is 328. The van der Waals surface area contributed by atoms with E-state index in [2.05, 4.69) is 5.48 Å². The van der Waals surface area contributed by atoms with Crippen LogP contribution in [0.15, 0.2) is 30.3 Å². The van der Waals surface area contributed by atoms with E-state index < -0.39 is 5.41 Å². The van der Waals surface area contributed by atoms with Crippen LogP contribution in [0, 0.1) is 5.41 Å². The van der Waals surface area contributed by atoms with Crippen molar-refractivity contribution < 1.29 is 9.63 Å². The van der Waals surface area contributed by atoms with Crippen molar-refractivity contribution in [3.8, 4) is 0 Å². The van der Waals surface area contributed by atoms with E-state index in [-0.39, 0.29) is 5.91 Å². The maximum absolute atomic E-state index is 11.4. The molecule has 0 saturated carbocycles. The van der Waals surface area contributed by atoms with Gasteiger partial charge in [-0.3, -0.25) is 9.63 Å². The van der Waals surface area contributed by atoms with Crippen molar-refractivity contribution in [2.75, 3.05) is 6.61 Å². The fourth-order valence-electron chi connectivity index (χ4n) is 1.08. The zero-order valence-electron chi connectivity index (χ0n) is 10.1. The molecule has 3 nitrogen and oxygen atoms in total. The Morgan fingerprint density at radius 1 is 1.25 bits per heavy atom. The Labute approximate surface area is 96.8 Å². The molecule has 0 bridgehead atoms. The molecule has 16 heavy (non-hydrogen) atoms. The zero-order valence-corrected chi connectivity index (χ0v) is 10.1. The lowest BCUT2D eigenvalue weighted by atomic mass is 9.96. The van der Waals surface area contributed by atoms with Gasteiger partial charge in [0.05, 0.1) is 6.61 Å². The van der Waals surface area contributed by atoms with E-state index in [0.717, 1.165) is 6.42 Å². The van der Waals surface area contributed by atoms with Gasteiger partial charge in [0.2, 0.25) is 5.91 Å². The SMILES string of the molecule is CC(C)(C)C(=O)NOCCc1ccccc1.